The zero-order valence-corrected chi connectivity index (χ0v) is 16.7. The van der Waals surface area contributed by atoms with Gasteiger partial charge in [0, 0.05) is 49.4 Å². The normalized spacial score (nSPS) is 22.5. The van der Waals surface area contributed by atoms with Gasteiger partial charge in [-0.25, -0.2) is 0 Å². The van der Waals surface area contributed by atoms with Crippen LogP contribution in [0.2, 0.25) is 0 Å². The highest BCUT2D eigenvalue weighted by Gasteiger charge is 2.31. The van der Waals surface area contributed by atoms with Crippen molar-refractivity contribution in [2.75, 3.05) is 36.4 Å². The molecule has 1 aliphatic carbocycles. The van der Waals surface area contributed by atoms with Crippen LogP contribution in [-0.2, 0) is 9.59 Å². The molecule has 5 nitrogen and oxygen atoms in total. The fourth-order valence-electron chi connectivity index (χ4n) is 4.37. The lowest BCUT2D eigenvalue weighted by Gasteiger charge is -2.30. The Balaban J connectivity index is 1.48. The van der Waals surface area contributed by atoms with Gasteiger partial charge in [-0.1, -0.05) is 0 Å². The van der Waals surface area contributed by atoms with Crippen LogP contribution in [0.3, 0.4) is 0 Å². The Labute approximate surface area is 163 Å². The highest BCUT2D eigenvalue weighted by Crippen LogP contribution is 2.31. The number of amides is 2. The Kier molecular flexibility index (Phi) is 6.75. The minimum Gasteiger partial charge on any atom is -0.372 e. The van der Waals surface area contributed by atoms with Crippen LogP contribution in [0, 0.1) is 11.8 Å². The topological polar surface area (TPSA) is 52.7 Å². The number of anilines is 2. The fraction of sp³-hybridized carbons (Fsp3) is 0.636. The van der Waals surface area contributed by atoms with E-state index in [-0.39, 0.29) is 23.7 Å². The molecule has 1 aliphatic heterocycles. The molecule has 3 rings (SSSR count). The number of nitrogens with one attached hydrogen (secondary N) is 1. The quantitative estimate of drug-likeness (QED) is 0.825. The summed E-state index contributed by atoms with van der Waals surface area (Å²) in [5, 5.41) is 3.07. The van der Waals surface area contributed by atoms with Crippen molar-refractivity contribution in [1.29, 1.82) is 0 Å². The first-order chi connectivity index (χ1) is 13.1. The van der Waals surface area contributed by atoms with Crippen LogP contribution in [-0.4, -0.2) is 42.9 Å². The van der Waals surface area contributed by atoms with Crippen molar-refractivity contribution >= 4 is 23.2 Å². The molecular weight excluding hydrogens is 338 g/mol. The Morgan fingerprint density at radius 2 is 1.52 bits per heavy atom. The van der Waals surface area contributed by atoms with Gasteiger partial charge in [0.1, 0.15) is 0 Å². The van der Waals surface area contributed by atoms with Crippen LogP contribution >= 0.6 is 0 Å². The molecule has 0 radical (unpaired) electrons. The Bertz CT molecular complexity index is 625. The summed E-state index contributed by atoms with van der Waals surface area (Å²) in [7, 11) is 0. The maximum Gasteiger partial charge on any atom is 0.227 e. The van der Waals surface area contributed by atoms with Gasteiger partial charge >= 0.3 is 0 Å². The molecule has 0 spiro atoms. The zero-order chi connectivity index (χ0) is 19.2. The van der Waals surface area contributed by atoms with Gasteiger partial charge in [0.15, 0.2) is 0 Å². The molecule has 2 aliphatic rings. The van der Waals surface area contributed by atoms with Crippen molar-refractivity contribution in [1.82, 2.24) is 4.90 Å². The van der Waals surface area contributed by atoms with Crippen molar-refractivity contribution < 1.29 is 9.59 Å². The molecule has 1 saturated carbocycles. The molecule has 1 aromatic rings. The van der Waals surface area contributed by atoms with E-state index in [2.05, 4.69) is 22.3 Å². The van der Waals surface area contributed by atoms with Crippen molar-refractivity contribution in [2.24, 2.45) is 11.8 Å². The molecule has 1 aromatic carbocycles. The van der Waals surface area contributed by atoms with E-state index in [1.54, 1.807) is 0 Å². The predicted molar refractivity (Wildman–Crippen MR) is 110 cm³/mol. The van der Waals surface area contributed by atoms with Gasteiger partial charge in [0.2, 0.25) is 11.8 Å². The van der Waals surface area contributed by atoms with Crippen molar-refractivity contribution in [2.45, 2.75) is 52.4 Å². The minimum absolute atomic E-state index is 0.0176. The summed E-state index contributed by atoms with van der Waals surface area (Å²) in [5.74, 6) is 0.465. The summed E-state index contributed by atoms with van der Waals surface area (Å²) in [4.78, 5) is 29.4. The van der Waals surface area contributed by atoms with Gasteiger partial charge in [0.25, 0.3) is 0 Å². The first kappa shape index (κ1) is 19.7. The SMILES string of the molecule is CCN(CC)C(=O)C1CCC(C(=O)Nc2ccc(N3CCCC3)cc2)CC1. The minimum atomic E-state index is 0.0176. The molecule has 1 N–H and O–H groups in total. The van der Waals surface area contributed by atoms with E-state index >= 15 is 0 Å². The van der Waals surface area contributed by atoms with Crippen LogP contribution < -0.4 is 10.2 Å². The molecule has 148 valence electrons. The molecule has 5 heteroatoms. The number of rotatable bonds is 6. The lowest BCUT2D eigenvalue weighted by Crippen LogP contribution is -2.38. The molecule has 27 heavy (non-hydrogen) atoms. The van der Waals surface area contributed by atoms with Gasteiger partial charge in [-0.05, 0) is 76.6 Å². The highest BCUT2D eigenvalue weighted by molar-refractivity contribution is 5.93. The molecule has 0 bridgehead atoms. The van der Waals surface area contributed by atoms with Gasteiger partial charge in [-0.3, -0.25) is 9.59 Å². The van der Waals surface area contributed by atoms with E-state index in [1.807, 2.05) is 30.9 Å². The third-order valence-corrected chi connectivity index (χ3v) is 6.13. The molecule has 1 saturated heterocycles. The summed E-state index contributed by atoms with van der Waals surface area (Å²) in [6.07, 6.45) is 5.77. The third kappa shape index (κ3) is 4.82. The van der Waals surface area contributed by atoms with Gasteiger partial charge in [0.05, 0.1) is 0 Å². The number of benzene rings is 1. The van der Waals surface area contributed by atoms with Crippen LogP contribution in [0.15, 0.2) is 24.3 Å². The number of carbonyl (C=O) groups is 2. The summed E-state index contributed by atoms with van der Waals surface area (Å²) in [6, 6.07) is 8.20. The van der Waals surface area contributed by atoms with E-state index in [0.29, 0.717) is 0 Å². The maximum atomic E-state index is 12.6. The van der Waals surface area contributed by atoms with Crippen molar-refractivity contribution in [3.05, 3.63) is 24.3 Å². The molecule has 0 atom stereocenters. The molecule has 0 aromatic heterocycles. The van der Waals surface area contributed by atoms with Gasteiger partial charge < -0.3 is 15.1 Å². The summed E-state index contributed by atoms with van der Waals surface area (Å²) >= 11 is 0. The largest absolute Gasteiger partial charge is 0.372 e. The third-order valence-electron chi connectivity index (χ3n) is 6.13. The molecular formula is C22H33N3O2. The zero-order valence-electron chi connectivity index (χ0n) is 16.7. The van der Waals surface area contributed by atoms with Crippen LogP contribution in [0.4, 0.5) is 11.4 Å². The molecule has 2 fully saturated rings. The lowest BCUT2D eigenvalue weighted by molar-refractivity contribution is -0.137. The number of hydrogen-bond acceptors (Lipinski definition) is 3. The second kappa shape index (κ2) is 9.25. The van der Waals surface area contributed by atoms with Crippen LogP contribution in [0.1, 0.15) is 52.4 Å². The molecule has 0 unspecified atom stereocenters. The Morgan fingerprint density at radius 1 is 0.963 bits per heavy atom. The Hall–Kier alpha value is -2.04. The lowest BCUT2D eigenvalue weighted by atomic mass is 9.81. The van der Waals surface area contributed by atoms with Crippen LogP contribution in [0.25, 0.3) is 0 Å². The van der Waals surface area contributed by atoms with Crippen molar-refractivity contribution in [3.63, 3.8) is 0 Å². The maximum absolute atomic E-state index is 12.6. The van der Waals surface area contributed by atoms with Crippen molar-refractivity contribution in [3.8, 4) is 0 Å². The van der Waals surface area contributed by atoms with Gasteiger partial charge in [-0.2, -0.15) is 0 Å². The average Bonchev–Trinajstić information content (AvgIpc) is 3.24. The summed E-state index contributed by atoms with van der Waals surface area (Å²) in [5.41, 5.74) is 2.10. The smallest absolute Gasteiger partial charge is 0.227 e. The highest BCUT2D eigenvalue weighted by atomic mass is 16.2. The van der Waals surface area contributed by atoms with E-state index in [9.17, 15) is 9.59 Å². The predicted octanol–water partition coefficient (Wildman–Crippen LogP) is 3.90. The molecule has 1 heterocycles. The second-order valence-corrected chi connectivity index (χ2v) is 7.79. The van der Waals surface area contributed by atoms with E-state index in [1.165, 1.54) is 18.5 Å². The average molecular weight is 372 g/mol. The summed E-state index contributed by atoms with van der Waals surface area (Å²) < 4.78 is 0. The molecule has 2 amide bonds. The fourth-order valence-corrected chi connectivity index (χ4v) is 4.37. The van der Waals surface area contributed by atoms with Gasteiger partial charge in [-0.15, -0.1) is 0 Å². The Morgan fingerprint density at radius 3 is 2.07 bits per heavy atom. The number of carbonyl (C=O) groups excluding carboxylic acids is 2. The standard InChI is InChI=1S/C22H33N3O2/c1-3-24(4-2)22(27)18-9-7-17(8-10-18)21(26)23-19-11-13-20(14-12-19)25-15-5-6-16-25/h11-14,17-18H,3-10,15-16H2,1-2H3,(H,23,26). The second-order valence-electron chi connectivity index (χ2n) is 7.79. The van der Waals surface area contributed by atoms with E-state index < -0.39 is 0 Å². The van der Waals surface area contributed by atoms with E-state index in [4.69, 9.17) is 0 Å². The number of hydrogen-bond donors (Lipinski definition) is 1. The first-order valence-electron chi connectivity index (χ1n) is 10.6. The van der Waals surface area contributed by atoms with E-state index in [0.717, 1.165) is 57.5 Å². The summed E-state index contributed by atoms with van der Waals surface area (Å²) in [6.45, 7) is 7.83. The first-order valence-corrected chi connectivity index (χ1v) is 10.6. The van der Waals surface area contributed by atoms with Crippen LogP contribution in [0.5, 0.6) is 0 Å². The monoisotopic (exact) mass is 371 g/mol. The number of nitrogens with zero attached hydrogens (tertiary/aromatic N) is 2.